The molecule has 0 bridgehead atoms. The number of hydrogen-bond acceptors (Lipinski definition) is 3. The van der Waals surface area contributed by atoms with Gasteiger partial charge in [0.05, 0.1) is 28.6 Å². The van der Waals surface area contributed by atoms with E-state index in [4.69, 9.17) is 27.6 Å². The number of benzene rings is 1. The van der Waals surface area contributed by atoms with E-state index in [1.807, 2.05) is 0 Å². The molecule has 0 aliphatic heterocycles. The van der Waals surface area contributed by atoms with Crippen LogP contribution in [0.5, 0.6) is 0 Å². The number of thioether (sulfide) groups is 1. The number of amides is 1. The van der Waals surface area contributed by atoms with Crippen LogP contribution in [0, 0.1) is 0 Å². The summed E-state index contributed by atoms with van der Waals surface area (Å²) in [7, 11) is 0. The van der Waals surface area contributed by atoms with Crippen LogP contribution in [0.15, 0.2) is 45.9 Å². The standard InChI is InChI=1S/C15H12Cl2F3NO2S/c16-11-4-1-5-12(17)14(11)24-8-13(22)21(9-15(18,19)20)7-10-3-2-6-23-10/h1-6H,7-9H2. The van der Waals surface area contributed by atoms with Gasteiger partial charge >= 0.3 is 6.18 Å². The van der Waals surface area contributed by atoms with E-state index in [0.29, 0.717) is 19.8 Å². The molecule has 0 aliphatic rings. The van der Waals surface area contributed by atoms with Crippen LogP contribution in [0.4, 0.5) is 13.2 Å². The molecule has 1 heterocycles. The Morgan fingerprint density at radius 2 is 1.83 bits per heavy atom. The first-order chi connectivity index (χ1) is 11.3. The van der Waals surface area contributed by atoms with Crippen LogP contribution >= 0.6 is 35.0 Å². The van der Waals surface area contributed by atoms with E-state index in [9.17, 15) is 18.0 Å². The summed E-state index contributed by atoms with van der Waals surface area (Å²) in [4.78, 5) is 13.4. The van der Waals surface area contributed by atoms with Gasteiger partial charge in [-0.25, -0.2) is 0 Å². The second-order valence-corrected chi connectivity index (χ2v) is 6.58. The van der Waals surface area contributed by atoms with Crippen molar-refractivity contribution in [2.45, 2.75) is 17.6 Å². The van der Waals surface area contributed by atoms with E-state index in [1.165, 1.54) is 12.3 Å². The Morgan fingerprint density at radius 3 is 2.38 bits per heavy atom. The lowest BCUT2D eigenvalue weighted by Crippen LogP contribution is -2.39. The highest BCUT2D eigenvalue weighted by Gasteiger charge is 2.33. The smallest absolute Gasteiger partial charge is 0.406 e. The molecule has 0 radical (unpaired) electrons. The summed E-state index contributed by atoms with van der Waals surface area (Å²) >= 11 is 13.0. The maximum atomic E-state index is 12.7. The van der Waals surface area contributed by atoms with Crippen molar-refractivity contribution in [2.24, 2.45) is 0 Å². The van der Waals surface area contributed by atoms with E-state index >= 15 is 0 Å². The minimum absolute atomic E-state index is 0.222. The SMILES string of the molecule is O=C(CSc1c(Cl)cccc1Cl)N(Cc1ccco1)CC(F)(F)F. The first kappa shape index (κ1) is 19.0. The molecular weight excluding hydrogens is 386 g/mol. The summed E-state index contributed by atoms with van der Waals surface area (Å²) in [5, 5.41) is 0.683. The molecule has 130 valence electrons. The fourth-order valence-electron chi connectivity index (χ4n) is 1.88. The quantitative estimate of drug-likeness (QED) is 0.622. The number of rotatable bonds is 6. The first-order valence-electron chi connectivity index (χ1n) is 6.70. The highest BCUT2D eigenvalue weighted by Crippen LogP contribution is 2.34. The van der Waals surface area contributed by atoms with Crippen molar-refractivity contribution in [1.29, 1.82) is 0 Å². The molecule has 24 heavy (non-hydrogen) atoms. The molecule has 1 aromatic carbocycles. The van der Waals surface area contributed by atoms with Crippen LogP contribution in [0.1, 0.15) is 5.76 Å². The fourth-order valence-corrected chi connectivity index (χ4v) is 3.47. The maximum absolute atomic E-state index is 12.7. The molecule has 1 aromatic heterocycles. The minimum Gasteiger partial charge on any atom is -0.467 e. The van der Waals surface area contributed by atoms with Crippen molar-refractivity contribution in [3.8, 4) is 0 Å². The Labute approximate surface area is 150 Å². The average Bonchev–Trinajstić information content (AvgIpc) is 2.97. The predicted octanol–water partition coefficient (Wildman–Crippen LogP) is 5.27. The number of halogens is 5. The van der Waals surface area contributed by atoms with E-state index in [-0.39, 0.29) is 18.1 Å². The molecule has 0 unspecified atom stereocenters. The zero-order valence-corrected chi connectivity index (χ0v) is 14.5. The molecule has 0 fully saturated rings. The van der Waals surface area contributed by atoms with E-state index in [2.05, 4.69) is 0 Å². The molecule has 0 aliphatic carbocycles. The van der Waals surface area contributed by atoms with Gasteiger partial charge in [0, 0.05) is 4.90 Å². The normalized spacial score (nSPS) is 11.5. The molecule has 0 spiro atoms. The van der Waals surface area contributed by atoms with Gasteiger partial charge in [0.15, 0.2) is 0 Å². The van der Waals surface area contributed by atoms with Crippen molar-refractivity contribution < 1.29 is 22.4 Å². The lowest BCUT2D eigenvalue weighted by atomic mass is 10.3. The largest absolute Gasteiger partial charge is 0.467 e. The molecule has 0 N–H and O–H groups in total. The van der Waals surface area contributed by atoms with Gasteiger partial charge in [-0.3, -0.25) is 4.79 Å². The van der Waals surface area contributed by atoms with Gasteiger partial charge in [-0.1, -0.05) is 29.3 Å². The Hall–Kier alpha value is -1.31. The molecule has 3 nitrogen and oxygen atoms in total. The fraction of sp³-hybridized carbons (Fsp3) is 0.267. The van der Waals surface area contributed by atoms with Crippen LogP contribution in [0.2, 0.25) is 10.0 Å². The number of hydrogen-bond donors (Lipinski definition) is 0. The molecular formula is C15H12Cl2F3NO2S. The predicted molar refractivity (Wildman–Crippen MR) is 87.4 cm³/mol. The lowest BCUT2D eigenvalue weighted by Gasteiger charge is -2.23. The number of nitrogens with zero attached hydrogens (tertiary/aromatic N) is 1. The van der Waals surface area contributed by atoms with Gasteiger partial charge in [0.25, 0.3) is 0 Å². The summed E-state index contributed by atoms with van der Waals surface area (Å²) in [5.41, 5.74) is 0. The Balaban J connectivity index is 2.06. The molecule has 0 saturated heterocycles. The van der Waals surface area contributed by atoms with Gasteiger partial charge in [0.1, 0.15) is 12.3 Å². The maximum Gasteiger partial charge on any atom is 0.406 e. The molecule has 2 rings (SSSR count). The second-order valence-electron chi connectivity index (χ2n) is 4.78. The topological polar surface area (TPSA) is 33.5 Å². The van der Waals surface area contributed by atoms with Crippen LogP contribution in [0.3, 0.4) is 0 Å². The molecule has 9 heteroatoms. The summed E-state index contributed by atoms with van der Waals surface area (Å²) in [6.07, 6.45) is -3.17. The van der Waals surface area contributed by atoms with Gasteiger partial charge < -0.3 is 9.32 Å². The zero-order chi connectivity index (χ0) is 17.7. The minimum atomic E-state index is -4.51. The van der Waals surface area contributed by atoms with Gasteiger partial charge in [0.2, 0.25) is 5.91 Å². The van der Waals surface area contributed by atoms with Crippen molar-refractivity contribution in [3.63, 3.8) is 0 Å². The van der Waals surface area contributed by atoms with Crippen molar-refractivity contribution in [3.05, 3.63) is 52.4 Å². The molecule has 0 atom stereocenters. The highest BCUT2D eigenvalue weighted by molar-refractivity contribution is 8.00. The van der Waals surface area contributed by atoms with Crippen LogP contribution in [0.25, 0.3) is 0 Å². The monoisotopic (exact) mass is 397 g/mol. The van der Waals surface area contributed by atoms with Crippen LogP contribution in [-0.4, -0.2) is 29.3 Å². The average molecular weight is 398 g/mol. The van der Waals surface area contributed by atoms with E-state index in [0.717, 1.165) is 11.8 Å². The van der Waals surface area contributed by atoms with E-state index in [1.54, 1.807) is 24.3 Å². The number of carbonyl (C=O) groups excluding carboxylic acids is 1. The summed E-state index contributed by atoms with van der Waals surface area (Å²) in [6, 6.07) is 7.88. The van der Waals surface area contributed by atoms with Gasteiger partial charge in [-0.05, 0) is 24.3 Å². The van der Waals surface area contributed by atoms with Gasteiger partial charge in [-0.15, -0.1) is 11.8 Å². The number of carbonyl (C=O) groups is 1. The van der Waals surface area contributed by atoms with E-state index < -0.39 is 18.6 Å². The van der Waals surface area contributed by atoms with Crippen molar-refractivity contribution in [1.82, 2.24) is 4.90 Å². The third kappa shape index (κ3) is 5.65. The Bertz CT molecular complexity index is 672. The molecule has 0 saturated carbocycles. The summed E-state index contributed by atoms with van der Waals surface area (Å²) < 4.78 is 43.2. The van der Waals surface area contributed by atoms with Gasteiger partial charge in [-0.2, -0.15) is 13.2 Å². The summed E-state index contributed by atoms with van der Waals surface area (Å²) in [5.74, 6) is -0.640. The third-order valence-electron chi connectivity index (χ3n) is 2.91. The first-order valence-corrected chi connectivity index (χ1v) is 8.44. The zero-order valence-electron chi connectivity index (χ0n) is 12.1. The highest BCUT2D eigenvalue weighted by atomic mass is 35.5. The van der Waals surface area contributed by atoms with Crippen molar-refractivity contribution >= 4 is 40.9 Å². The Kier molecular flexibility index (Phi) is 6.48. The third-order valence-corrected chi connectivity index (χ3v) is 4.88. The number of alkyl halides is 3. The molecule has 2 aromatic rings. The summed E-state index contributed by atoms with van der Waals surface area (Å²) in [6.45, 7) is -1.62. The lowest BCUT2D eigenvalue weighted by molar-refractivity contribution is -0.161. The van der Waals surface area contributed by atoms with Crippen LogP contribution in [-0.2, 0) is 11.3 Å². The second kappa shape index (κ2) is 8.18. The van der Waals surface area contributed by atoms with Crippen molar-refractivity contribution in [2.75, 3.05) is 12.3 Å². The van der Waals surface area contributed by atoms with Crippen LogP contribution < -0.4 is 0 Å². The number of furan rings is 1. The molecule has 1 amide bonds. The Morgan fingerprint density at radius 1 is 1.17 bits per heavy atom.